The molecule has 1 aliphatic carbocycles. The minimum absolute atomic E-state index is 0.0349. The lowest BCUT2D eigenvalue weighted by Crippen LogP contribution is -2.16. The van der Waals surface area contributed by atoms with E-state index in [1.165, 1.54) is 25.5 Å². The highest BCUT2D eigenvalue weighted by atomic mass is 16.5. The molecule has 1 aromatic rings. The molecule has 1 heterocycles. The molecule has 1 fully saturated rings. The van der Waals surface area contributed by atoms with Gasteiger partial charge in [0.1, 0.15) is 5.82 Å². The number of ether oxygens (including phenoxy) is 1. The quantitative estimate of drug-likeness (QED) is 0.855. The Kier molecular flexibility index (Phi) is 4.35. The topological polar surface area (TPSA) is 72.3 Å². The maximum absolute atomic E-state index is 11.2. The van der Waals surface area contributed by atoms with E-state index in [0.29, 0.717) is 12.4 Å². The summed E-state index contributed by atoms with van der Waals surface area (Å²) in [7, 11) is 0. The fourth-order valence-corrected chi connectivity index (χ4v) is 2.04. The van der Waals surface area contributed by atoms with Crippen molar-refractivity contribution in [3.8, 4) is 5.75 Å². The number of carbonyl (C=O) groups is 1. The Hall–Kier alpha value is -1.65. The van der Waals surface area contributed by atoms with Gasteiger partial charge in [-0.05, 0) is 12.3 Å². The summed E-state index contributed by atoms with van der Waals surface area (Å²) in [6.45, 7) is 4.39. The van der Waals surface area contributed by atoms with Crippen molar-refractivity contribution in [1.29, 1.82) is 0 Å². The van der Waals surface area contributed by atoms with Crippen LogP contribution in [0.1, 0.15) is 61.8 Å². The molecule has 1 aliphatic rings. The van der Waals surface area contributed by atoms with Gasteiger partial charge in [0.25, 0.3) is 0 Å². The second-order valence-corrected chi connectivity index (χ2v) is 5.33. The van der Waals surface area contributed by atoms with Gasteiger partial charge < -0.3 is 9.84 Å². The minimum Gasteiger partial charge on any atom is -0.489 e. The number of hydrogen-bond donors (Lipinski definition) is 1. The molecule has 1 aromatic heterocycles. The average Bonchev–Trinajstić information content (AvgIpc) is 2.32. The third-order valence-electron chi connectivity index (χ3n) is 3.50. The zero-order chi connectivity index (χ0) is 13.8. The van der Waals surface area contributed by atoms with Crippen LogP contribution in [-0.2, 0) is 0 Å². The van der Waals surface area contributed by atoms with Crippen LogP contribution in [0, 0.1) is 5.92 Å². The van der Waals surface area contributed by atoms with Gasteiger partial charge in [-0.2, -0.15) is 0 Å². The minimum atomic E-state index is -1.07. The molecule has 0 unspecified atom stereocenters. The monoisotopic (exact) mass is 264 g/mol. The number of rotatable bonds is 6. The Bertz CT molecular complexity index is 456. The van der Waals surface area contributed by atoms with Crippen molar-refractivity contribution in [2.24, 2.45) is 5.92 Å². The summed E-state index contributed by atoms with van der Waals surface area (Å²) in [4.78, 5) is 19.4. The first-order valence-electron chi connectivity index (χ1n) is 6.81. The van der Waals surface area contributed by atoms with Crippen LogP contribution >= 0.6 is 0 Å². The second kappa shape index (κ2) is 5.99. The number of carboxylic acid groups (broad SMARTS) is 1. The van der Waals surface area contributed by atoms with E-state index in [2.05, 4.69) is 9.97 Å². The summed E-state index contributed by atoms with van der Waals surface area (Å²) >= 11 is 0. The van der Waals surface area contributed by atoms with Crippen LogP contribution in [0.25, 0.3) is 0 Å². The van der Waals surface area contributed by atoms with Gasteiger partial charge in [-0.25, -0.2) is 14.8 Å². The molecule has 0 amide bonds. The first-order valence-corrected chi connectivity index (χ1v) is 6.81. The van der Waals surface area contributed by atoms with Gasteiger partial charge in [-0.3, -0.25) is 0 Å². The summed E-state index contributed by atoms with van der Waals surface area (Å²) in [5.41, 5.74) is -0.0349. The highest BCUT2D eigenvalue weighted by Crippen LogP contribution is 2.29. The number of nitrogens with zero attached hydrogens (tertiary/aromatic N) is 2. The summed E-state index contributed by atoms with van der Waals surface area (Å²) < 4.78 is 5.53. The molecule has 2 rings (SSSR count). The molecular weight excluding hydrogens is 244 g/mol. The van der Waals surface area contributed by atoms with Gasteiger partial charge in [-0.1, -0.05) is 33.1 Å². The van der Waals surface area contributed by atoms with Gasteiger partial charge >= 0.3 is 5.97 Å². The molecule has 5 nitrogen and oxygen atoms in total. The Morgan fingerprint density at radius 1 is 1.53 bits per heavy atom. The molecular formula is C14H20N2O3. The lowest BCUT2D eigenvalue weighted by atomic mass is 9.83. The van der Waals surface area contributed by atoms with Gasteiger partial charge in [0.2, 0.25) is 0 Å². The van der Waals surface area contributed by atoms with Crippen molar-refractivity contribution in [3.05, 3.63) is 17.7 Å². The van der Waals surface area contributed by atoms with E-state index in [4.69, 9.17) is 9.84 Å². The Morgan fingerprint density at radius 3 is 2.79 bits per heavy atom. The molecule has 1 saturated carbocycles. The smallest absolute Gasteiger partial charge is 0.358 e. The van der Waals surface area contributed by atoms with Crippen molar-refractivity contribution in [2.45, 2.75) is 45.4 Å². The lowest BCUT2D eigenvalue weighted by Gasteiger charge is -2.25. The first-order chi connectivity index (χ1) is 9.08. The molecule has 0 radical (unpaired) electrons. The van der Waals surface area contributed by atoms with Crippen LogP contribution in [0.2, 0.25) is 0 Å². The zero-order valence-electron chi connectivity index (χ0n) is 11.4. The Morgan fingerprint density at radius 2 is 2.26 bits per heavy atom. The van der Waals surface area contributed by atoms with E-state index < -0.39 is 5.97 Å². The van der Waals surface area contributed by atoms with Crippen LogP contribution in [0.15, 0.2) is 6.20 Å². The summed E-state index contributed by atoms with van der Waals surface area (Å²) in [6.07, 6.45) is 6.28. The molecule has 1 N–H and O–H groups in total. The summed E-state index contributed by atoms with van der Waals surface area (Å²) in [5, 5.41) is 9.17. The number of hydrogen-bond acceptors (Lipinski definition) is 4. The lowest BCUT2D eigenvalue weighted by molar-refractivity contribution is 0.0684. The van der Waals surface area contributed by atoms with Gasteiger partial charge in [0.15, 0.2) is 11.4 Å². The Labute approximate surface area is 113 Å². The van der Waals surface area contributed by atoms with E-state index in [0.717, 1.165) is 12.3 Å². The maximum Gasteiger partial charge on any atom is 0.358 e. The molecule has 0 bridgehead atoms. The van der Waals surface area contributed by atoms with E-state index in [-0.39, 0.29) is 17.4 Å². The second-order valence-electron chi connectivity index (χ2n) is 5.33. The average molecular weight is 264 g/mol. The van der Waals surface area contributed by atoms with E-state index >= 15 is 0 Å². The van der Waals surface area contributed by atoms with Crippen LogP contribution in [0.3, 0.4) is 0 Å². The van der Waals surface area contributed by atoms with E-state index in [9.17, 15) is 4.79 Å². The molecule has 0 aromatic carbocycles. The van der Waals surface area contributed by atoms with Crippen LogP contribution in [0.5, 0.6) is 5.75 Å². The summed E-state index contributed by atoms with van der Waals surface area (Å²) in [6, 6.07) is 0. The number of carboxylic acids is 1. The van der Waals surface area contributed by atoms with Crippen LogP contribution < -0.4 is 4.74 Å². The molecule has 5 heteroatoms. The molecule has 0 aliphatic heterocycles. The highest BCUT2D eigenvalue weighted by Gasteiger charge is 2.19. The summed E-state index contributed by atoms with van der Waals surface area (Å²) in [5.74, 6) is 0.578. The van der Waals surface area contributed by atoms with Gasteiger partial charge in [0.05, 0.1) is 12.8 Å². The fraction of sp³-hybridized carbons (Fsp3) is 0.643. The SMILES string of the molecule is CC(C)c1ncc(OCCC2CCC2)c(C(=O)O)n1. The van der Waals surface area contributed by atoms with E-state index in [1.807, 2.05) is 13.8 Å². The van der Waals surface area contributed by atoms with E-state index in [1.54, 1.807) is 0 Å². The normalized spacial score (nSPS) is 15.3. The van der Waals surface area contributed by atoms with Crippen molar-refractivity contribution in [3.63, 3.8) is 0 Å². The van der Waals surface area contributed by atoms with Gasteiger partial charge in [-0.15, -0.1) is 0 Å². The van der Waals surface area contributed by atoms with Crippen molar-refractivity contribution < 1.29 is 14.6 Å². The highest BCUT2D eigenvalue weighted by molar-refractivity contribution is 5.88. The third kappa shape index (κ3) is 3.43. The molecule has 104 valence electrons. The third-order valence-corrected chi connectivity index (χ3v) is 3.50. The largest absolute Gasteiger partial charge is 0.489 e. The molecule has 0 spiro atoms. The molecule has 0 saturated heterocycles. The van der Waals surface area contributed by atoms with Crippen LogP contribution in [0.4, 0.5) is 0 Å². The first kappa shape index (κ1) is 13.8. The standard InChI is InChI=1S/C14H20N2O3/c1-9(2)13-15-8-11(12(16-13)14(17)18)19-7-6-10-4-3-5-10/h8-10H,3-7H2,1-2H3,(H,17,18). The Balaban J connectivity index is 2.03. The van der Waals surface area contributed by atoms with Crippen molar-refractivity contribution in [2.75, 3.05) is 6.61 Å². The number of aromatic carboxylic acids is 1. The van der Waals surface area contributed by atoms with Crippen molar-refractivity contribution >= 4 is 5.97 Å². The predicted octanol–water partition coefficient (Wildman–Crippen LogP) is 2.87. The fourth-order valence-electron chi connectivity index (χ4n) is 2.04. The maximum atomic E-state index is 11.2. The predicted molar refractivity (Wildman–Crippen MR) is 70.5 cm³/mol. The molecule has 19 heavy (non-hydrogen) atoms. The van der Waals surface area contributed by atoms with Crippen molar-refractivity contribution in [1.82, 2.24) is 9.97 Å². The number of aromatic nitrogens is 2. The zero-order valence-corrected chi connectivity index (χ0v) is 11.4. The molecule has 0 atom stereocenters. The van der Waals surface area contributed by atoms with Crippen LogP contribution in [-0.4, -0.2) is 27.7 Å². The van der Waals surface area contributed by atoms with Gasteiger partial charge in [0, 0.05) is 5.92 Å².